The van der Waals surface area contributed by atoms with Crippen molar-refractivity contribution in [3.05, 3.63) is 58.7 Å². The lowest BCUT2D eigenvalue weighted by molar-refractivity contribution is 0.0755. The Bertz CT molecular complexity index is 962. The lowest BCUT2D eigenvalue weighted by Crippen LogP contribution is -2.44. The minimum Gasteiger partial charge on any atom is -0.495 e. The molecule has 3 fully saturated rings. The molecule has 2 unspecified atom stereocenters. The lowest BCUT2D eigenvalue weighted by atomic mass is 9.63. The zero-order valence-electron chi connectivity index (χ0n) is 20.7. The molecule has 2 aromatic rings. The molecule has 3 saturated carbocycles. The van der Waals surface area contributed by atoms with Crippen LogP contribution in [0.2, 0.25) is 0 Å². The molecule has 178 valence electrons. The third-order valence-corrected chi connectivity index (χ3v) is 8.15. The number of hydrogen-bond acceptors (Lipinski definition) is 4. The van der Waals surface area contributed by atoms with E-state index in [1.54, 1.807) is 7.11 Å². The Balaban J connectivity index is 1.33. The van der Waals surface area contributed by atoms with E-state index in [2.05, 4.69) is 36.6 Å². The van der Waals surface area contributed by atoms with Gasteiger partial charge in [0.2, 0.25) is 0 Å². The summed E-state index contributed by atoms with van der Waals surface area (Å²) >= 11 is 0. The molecule has 0 aromatic heterocycles. The lowest BCUT2D eigenvalue weighted by Gasteiger charge is -2.45. The average molecular weight is 449 g/mol. The summed E-state index contributed by atoms with van der Waals surface area (Å²) in [6, 6.07) is 12.6. The zero-order chi connectivity index (χ0) is 23.4. The smallest absolute Gasteiger partial charge is 0.182 e. The maximum Gasteiger partial charge on any atom is 0.182 e. The number of carbonyl (C=O) groups is 1. The van der Waals surface area contributed by atoms with Gasteiger partial charge in [-0.25, -0.2) is 0 Å². The second-order valence-electron chi connectivity index (χ2n) is 10.2. The van der Waals surface area contributed by atoms with Gasteiger partial charge < -0.3 is 15.4 Å². The van der Waals surface area contributed by atoms with Crippen LogP contribution in [-0.4, -0.2) is 32.0 Å². The molecule has 2 aromatic carbocycles. The SMILES string of the molecule is COc1cc(CCNC(C)C2CC3CCC2CC3)c(C)cc1NCC(=O)c1ccccc1C. The highest BCUT2D eigenvalue weighted by atomic mass is 16.5. The number of hydrogen-bond donors (Lipinski definition) is 2. The summed E-state index contributed by atoms with van der Waals surface area (Å²) in [6.45, 7) is 7.74. The van der Waals surface area contributed by atoms with Crippen molar-refractivity contribution in [1.82, 2.24) is 5.32 Å². The highest BCUT2D eigenvalue weighted by molar-refractivity contribution is 6.00. The average Bonchev–Trinajstić information content (AvgIpc) is 2.84. The number of fused-ring (bicyclic) bond motifs is 3. The monoisotopic (exact) mass is 448 g/mol. The summed E-state index contributed by atoms with van der Waals surface area (Å²) in [6.07, 6.45) is 8.22. The third-order valence-electron chi connectivity index (χ3n) is 8.15. The number of ether oxygens (including phenoxy) is 1. The Kier molecular flexibility index (Phi) is 7.75. The first-order valence-electron chi connectivity index (χ1n) is 12.7. The molecule has 0 aliphatic heterocycles. The topological polar surface area (TPSA) is 50.4 Å². The Hall–Kier alpha value is -2.33. The summed E-state index contributed by atoms with van der Waals surface area (Å²) in [5.41, 5.74) is 5.18. The van der Waals surface area contributed by atoms with Crippen molar-refractivity contribution in [3.63, 3.8) is 0 Å². The van der Waals surface area contributed by atoms with E-state index >= 15 is 0 Å². The molecule has 3 aliphatic carbocycles. The van der Waals surface area contributed by atoms with Crippen LogP contribution >= 0.6 is 0 Å². The Morgan fingerprint density at radius 1 is 1.09 bits per heavy atom. The van der Waals surface area contributed by atoms with Crippen molar-refractivity contribution in [3.8, 4) is 5.75 Å². The summed E-state index contributed by atoms with van der Waals surface area (Å²) in [5, 5.41) is 7.13. The molecule has 4 nitrogen and oxygen atoms in total. The van der Waals surface area contributed by atoms with Crippen molar-refractivity contribution in [2.75, 3.05) is 25.5 Å². The number of rotatable bonds is 10. The first-order chi connectivity index (χ1) is 16.0. The molecule has 0 spiro atoms. The first kappa shape index (κ1) is 23.8. The molecule has 2 atom stereocenters. The fourth-order valence-electron chi connectivity index (χ4n) is 6.09. The molecule has 0 saturated heterocycles. The second kappa shape index (κ2) is 10.7. The number of anilines is 1. The predicted octanol–water partition coefficient (Wildman–Crippen LogP) is 5.95. The van der Waals surface area contributed by atoms with Gasteiger partial charge in [-0.15, -0.1) is 0 Å². The molecule has 3 aliphatic rings. The summed E-state index contributed by atoms with van der Waals surface area (Å²) in [7, 11) is 1.70. The van der Waals surface area contributed by atoms with Gasteiger partial charge in [0.15, 0.2) is 5.78 Å². The van der Waals surface area contributed by atoms with Crippen LogP contribution in [0.15, 0.2) is 36.4 Å². The third kappa shape index (κ3) is 5.60. The Morgan fingerprint density at radius 2 is 1.85 bits per heavy atom. The van der Waals surface area contributed by atoms with E-state index in [4.69, 9.17) is 4.74 Å². The molecule has 5 rings (SSSR count). The maximum atomic E-state index is 12.7. The Morgan fingerprint density at radius 3 is 2.52 bits per heavy atom. The minimum atomic E-state index is 0.0893. The van der Waals surface area contributed by atoms with Crippen molar-refractivity contribution in [2.45, 2.75) is 65.3 Å². The van der Waals surface area contributed by atoms with Crippen LogP contribution in [0.5, 0.6) is 5.75 Å². The zero-order valence-corrected chi connectivity index (χ0v) is 20.7. The molecular weight excluding hydrogens is 408 g/mol. The van der Waals surface area contributed by atoms with E-state index < -0.39 is 0 Å². The molecule has 2 N–H and O–H groups in total. The van der Waals surface area contributed by atoms with Crippen molar-refractivity contribution >= 4 is 11.5 Å². The van der Waals surface area contributed by atoms with Gasteiger partial charge in [0.25, 0.3) is 0 Å². The van der Waals surface area contributed by atoms with Crippen LogP contribution in [0, 0.1) is 31.6 Å². The van der Waals surface area contributed by atoms with Gasteiger partial charge in [-0.05, 0) is 99.6 Å². The largest absolute Gasteiger partial charge is 0.495 e. The molecule has 0 amide bonds. The highest BCUT2D eigenvalue weighted by Gasteiger charge is 2.37. The van der Waals surface area contributed by atoms with E-state index in [0.717, 1.165) is 53.3 Å². The van der Waals surface area contributed by atoms with Crippen LogP contribution in [-0.2, 0) is 6.42 Å². The molecule has 4 heteroatoms. The van der Waals surface area contributed by atoms with Crippen LogP contribution in [0.25, 0.3) is 0 Å². The van der Waals surface area contributed by atoms with Crippen LogP contribution in [0.3, 0.4) is 0 Å². The van der Waals surface area contributed by atoms with Crippen molar-refractivity contribution in [2.24, 2.45) is 17.8 Å². The quantitative estimate of drug-likeness (QED) is 0.441. The molecule has 2 bridgehead atoms. The van der Waals surface area contributed by atoms with Gasteiger partial charge in [-0.2, -0.15) is 0 Å². The number of methoxy groups -OCH3 is 1. The summed E-state index contributed by atoms with van der Waals surface area (Å²) < 4.78 is 5.66. The summed E-state index contributed by atoms with van der Waals surface area (Å²) in [5.74, 6) is 3.66. The van der Waals surface area contributed by atoms with E-state index in [1.165, 1.54) is 43.2 Å². The highest BCUT2D eigenvalue weighted by Crippen LogP contribution is 2.46. The molecule has 33 heavy (non-hydrogen) atoms. The molecule has 0 heterocycles. The molecule has 0 radical (unpaired) electrons. The second-order valence-corrected chi connectivity index (χ2v) is 10.2. The van der Waals surface area contributed by atoms with Gasteiger partial charge in [-0.3, -0.25) is 4.79 Å². The normalized spacial score (nSPS) is 22.7. The van der Waals surface area contributed by atoms with Gasteiger partial charge >= 0.3 is 0 Å². The number of Topliss-reactive ketones (excluding diaryl/α,β-unsaturated/α-hetero) is 1. The number of nitrogens with one attached hydrogen (secondary N) is 2. The van der Waals surface area contributed by atoms with Crippen LogP contribution in [0.1, 0.15) is 66.1 Å². The fourth-order valence-corrected chi connectivity index (χ4v) is 6.09. The number of aryl methyl sites for hydroxylation is 2. The number of benzene rings is 2. The van der Waals surface area contributed by atoms with Gasteiger partial charge in [0, 0.05) is 11.6 Å². The Labute approximate surface area is 199 Å². The fraction of sp³-hybridized carbons (Fsp3) is 0.552. The minimum absolute atomic E-state index is 0.0893. The summed E-state index contributed by atoms with van der Waals surface area (Å²) in [4.78, 5) is 12.7. The van der Waals surface area contributed by atoms with Gasteiger partial charge in [0.1, 0.15) is 5.75 Å². The first-order valence-corrected chi connectivity index (χ1v) is 12.7. The van der Waals surface area contributed by atoms with E-state index in [-0.39, 0.29) is 12.3 Å². The standard InChI is InChI=1S/C29H40N2O2/c1-19-7-5-6-8-25(19)28(32)18-31-27-15-20(2)24(17-29(27)33-4)13-14-30-21(3)26-16-22-9-11-23(26)12-10-22/h5-8,15,17,21-23,26,30-31H,9-14,16,18H2,1-4H3. The number of carbonyl (C=O) groups excluding carboxylic acids is 1. The van der Waals surface area contributed by atoms with Crippen molar-refractivity contribution in [1.29, 1.82) is 0 Å². The van der Waals surface area contributed by atoms with Gasteiger partial charge in [-0.1, -0.05) is 37.1 Å². The van der Waals surface area contributed by atoms with Crippen LogP contribution in [0.4, 0.5) is 5.69 Å². The number of ketones is 1. The van der Waals surface area contributed by atoms with Gasteiger partial charge in [0.05, 0.1) is 19.3 Å². The van der Waals surface area contributed by atoms with Crippen LogP contribution < -0.4 is 15.4 Å². The predicted molar refractivity (Wildman–Crippen MR) is 136 cm³/mol. The molecular formula is C29H40N2O2. The van der Waals surface area contributed by atoms with Crippen molar-refractivity contribution < 1.29 is 9.53 Å². The van der Waals surface area contributed by atoms with E-state index in [1.807, 2.05) is 31.2 Å². The maximum absolute atomic E-state index is 12.7. The van der Waals surface area contributed by atoms with E-state index in [9.17, 15) is 4.79 Å². The van der Waals surface area contributed by atoms with E-state index in [0.29, 0.717) is 6.04 Å².